The smallest absolute Gasteiger partial charge is 0.340 e. The van der Waals surface area contributed by atoms with Crippen molar-refractivity contribution in [3.8, 4) is 5.75 Å². The maximum absolute atomic E-state index is 13.5. The molecule has 1 aliphatic rings. The van der Waals surface area contributed by atoms with Gasteiger partial charge in [-0.25, -0.2) is 13.2 Å². The molecule has 1 aliphatic heterocycles. The number of benzene rings is 2. The number of likely N-dealkylation sites (N-methyl/N-ethyl adjacent to an activating group) is 1. The Kier molecular flexibility index (Phi) is 7.81. The van der Waals surface area contributed by atoms with Gasteiger partial charge in [0.1, 0.15) is 5.75 Å². The summed E-state index contributed by atoms with van der Waals surface area (Å²) in [5.74, 6) is -0.0426. The quantitative estimate of drug-likeness (QED) is 0.514. The van der Waals surface area contributed by atoms with Crippen molar-refractivity contribution in [2.75, 3.05) is 58.8 Å². The first-order valence-corrected chi connectivity index (χ1v) is 12.3. The van der Waals surface area contributed by atoms with Crippen molar-refractivity contribution in [3.63, 3.8) is 0 Å². The first-order valence-electron chi connectivity index (χ1n) is 10.1. The molecular formula is C22H28BrN3O5S. The first kappa shape index (κ1) is 24.5. The van der Waals surface area contributed by atoms with Crippen LogP contribution in [-0.2, 0) is 21.3 Å². The van der Waals surface area contributed by atoms with Crippen molar-refractivity contribution < 1.29 is 22.7 Å². The minimum atomic E-state index is -3.94. The standard InChI is InChI=1S/C22H28BrN3O5S/c1-24-9-11-26(12-10-24)15-16-13-17(23)14-20(22(27)31-4)21(16)25(2)32(28,29)19-7-5-18(30-3)6-8-19/h5-8,13-14H,9-12,15H2,1-4H3. The lowest BCUT2D eigenvalue weighted by atomic mass is 10.1. The van der Waals surface area contributed by atoms with Crippen molar-refractivity contribution >= 4 is 37.6 Å². The highest BCUT2D eigenvalue weighted by Gasteiger charge is 2.29. The average Bonchev–Trinajstić information content (AvgIpc) is 2.79. The molecule has 0 atom stereocenters. The van der Waals surface area contributed by atoms with Crippen LogP contribution in [0, 0.1) is 0 Å². The van der Waals surface area contributed by atoms with Crippen LogP contribution in [-0.4, -0.2) is 78.7 Å². The summed E-state index contributed by atoms with van der Waals surface area (Å²) in [5, 5.41) is 0. The van der Waals surface area contributed by atoms with E-state index in [2.05, 4.69) is 32.8 Å². The number of hydrogen-bond acceptors (Lipinski definition) is 7. The lowest BCUT2D eigenvalue weighted by molar-refractivity contribution is 0.0601. The fraction of sp³-hybridized carbons (Fsp3) is 0.409. The third kappa shape index (κ3) is 5.25. The lowest BCUT2D eigenvalue weighted by Gasteiger charge is -2.34. The van der Waals surface area contributed by atoms with Crippen LogP contribution in [0.15, 0.2) is 45.8 Å². The number of sulfonamides is 1. The van der Waals surface area contributed by atoms with E-state index in [0.717, 1.165) is 31.7 Å². The van der Waals surface area contributed by atoms with Gasteiger partial charge in [0.15, 0.2) is 0 Å². The summed E-state index contributed by atoms with van der Waals surface area (Å²) in [6.45, 7) is 4.06. The Bertz CT molecular complexity index is 1070. The van der Waals surface area contributed by atoms with Crippen molar-refractivity contribution in [3.05, 3.63) is 52.0 Å². The number of halogens is 1. The number of carbonyl (C=O) groups excluding carboxylic acids is 1. The van der Waals surface area contributed by atoms with Crippen LogP contribution >= 0.6 is 15.9 Å². The zero-order chi connectivity index (χ0) is 23.5. The number of carbonyl (C=O) groups is 1. The first-order chi connectivity index (χ1) is 15.2. The van der Waals surface area contributed by atoms with Gasteiger partial charge in [-0.3, -0.25) is 9.21 Å². The molecular weight excluding hydrogens is 498 g/mol. The van der Waals surface area contributed by atoms with Gasteiger partial charge < -0.3 is 14.4 Å². The minimum Gasteiger partial charge on any atom is -0.497 e. The Morgan fingerprint density at radius 1 is 1.09 bits per heavy atom. The topological polar surface area (TPSA) is 79.4 Å². The maximum Gasteiger partial charge on any atom is 0.340 e. The third-order valence-corrected chi connectivity index (χ3v) is 7.81. The van der Waals surface area contributed by atoms with Crippen molar-refractivity contribution in [1.29, 1.82) is 0 Å². The second-order valence-electron chi connectivity index (χ2n) is 7.68. The molecule has 10 heteroatoms. The molecule has 1 heterocycles. The number of methoxy groups -OCH3 is 2. The number of ether oxygens (including phenoxy) is 2. The maximum atomic E-state index is 13.5. The highest BCUT2D eigenvalue weighted by Crippen LogP contribution is 2.34. The number of hydrogen-bond donors (Lipinski definition) is 0. The molecule has 0 spiro atoms. The van der Waals surface area contributed by atoms with Gasteiger partial charge in [0.2, 0.25) is 0 Å². The van der Waals surface area contributed by atoms with Gasteiger partial charge in [0, 0.05) is 44.2 Å². The number of anilines is 1. The van der Waals surface area contributed by atoms with Gasteiger partial charge in [-0.1, -0.05) is 15.9 Å². The van der Waals surface area contributed by atoms with Gasteiger partial charge >= 0.3 is 5.97 Å². The molecule has 0 N–H and O–H groups in total. The van der Waals surface area contributed by atoms with E-state index >= 15 is 0 Å². The summed E-state index contributed by atoms with van der Waals surface area (Å²) in [6, 6.07) is 9.61. The molecule has 32 heavy (non-hydrogen) atoms. The van der Waals surface area contributed by atoms with Gasteiger partial charge in [-0.05, 0) is 49.0 Å². The molecule has 2 aromatic rings. The van der Waals surface area contributed by atoms with Crippen LogP contribution in [0.4, 0.5) is 5.69 Å². The fourth-order valence-electron chi connectivity index (χ4n) is 3.69. The van der Waals surface area contributed by atoms with Crippen LogP contribution < -0.4 is 9.04 Å². The SMILES string of the molecule is COC(=O)c1cc(Br)cc(CN2CCN(C)CC2)c1N(C)S(=O)(=O)c1ccc(OC)cc1. The van der Waals surface area contributed by atoms with Crippen molar-refractivity contribution in [2.45, 2.75) is 11.4 Å². The van der Waals surface area contributed by atoms with E-state index in [4.69, 9.17) is 9.47 Å². The molecule has 0 saturated carbocycles. The summed E-state index contributed by atoms with van der Waals surface area (Å²) in [5.41, 5.74) is 1.23. The highest BCUT2D eigenvalue weighted by molar-refractivity contribution is 9.10. The predicted molar refractivity (Wildman–Crippen MR) is 127 cm³/mol. The molecule has 0 radical (unpaired) electrons. The zero-order valence-electron chi connectivity index (χ0n) is 18.7. The second-order valence-corrected chi connectivity index (χ2v) is 10.6. The molecule has 174 valence electrons. The van der Waals surface area contributed by atoms with Gasteiger partial charge in [0.25, 0.3) is 10.0 Å². The molecule has 1 saturated heterocycles. The zero-order valence-corrected chi connectivity index (χ0v) is 21.1. The Morgan fingerprint density at radius 2 is 1.72 bits per heavy atom. The van der Waals surface area contributed by atoms with Crippen LogP contribution in [0.3, 0.4) is 0 Å². The van der Waals surface area contributed by atoms with E-state index in [1.165, 1.54) is 37.7 Å². The van der Waals surface area contributed by atoms with Gasteiger partial charge in [-0.15, -0.1) is 0 Å². The molecule has 0 amide bonds. The molecule has 0 bridgehead atoms. The molecule has 8 nitrogen and oxygen atoms in total. The van der Waals surface area contributed by atoms with Gasteiger partial charge in [0.05, 0.1) is 30.4 Å². The van der Waals surface area contributed by atoms with Crippen LogP contribution in [0.2, 0.25) is 0 Å². The molecule has 0 aliphatic carbocycles. The molecule has 2 aromatic carbocycles. The summed E-state index contributed by atoms with van der Waals surface area (Å²) >= 11 is 3.46. The van der Waals surface area contributed by atoms with E-state index in [1.54, 1.807) is 18.2 Å². The highest BCUT2D eigenvalue weighted by atomic mass is 79.9. The lowest BCUT2D eigenvalue weighted by Crippen LogP contribution is -2.44. The summed E-state index contributed by atoms with van der Waals surface area (Å²) in [4.78, 5) is 17.2. The number of esters is 1. The van der Waals surface area contributed by atoms with Crippen LogP contribution in [0.1, 0.15) is 15.9 Å². The monoisotopic (exact) mass is 525 g/mol. The fourth-order valence-corrected chi connectivity index (χ4v) is 5.44. The van der Waals surface area contributed by atoms with E-state index in [1.807, 2.05) is 6.07 Å². The Hall–Kier alpha value is -2.14. The summed E-state index contributed by atoms with van der Waals surface area (Å²) in [7, 11) is 2.40. The number of piperazine rings is 1. The summed E-state index contributed by atoms with van der Waals surface area (Å²) < 4.78 is 38.9. The Morgan fingerprint density at radius 3 is 2.28 bits per heavy atom. The van der Waals surface area contributed by atoms with E-state index in [0.29, 0.717) is 22.5 Å². The predicted octanol–water partition coefficient (Wildman–Crippen LogP) is 2.82. The minimum absolute atomic E-state index is 0.102. The Balaban J connectivity index is 2.07. The van der Waals surface area contributed by atoms with E-state index in [-0.39, 0.29) is 10.5 Å². The van der Waals surface area contributed by atoms with Gasteiger partial charge in [-0.2, -0.15) is 0 Å². The van der Waals surface area contributed by atoms with Crippen molar-refractivity contribution in [1.82, 2.24) is 9.80 Å². The normalized spacial score (nSPS) is 15.4. The van der Waals surface area contributed by atoms with Crippen LogP contribution in [0.5, 0.6) is 5.75 Å². The Labute approximate surface area is 197 Å². The molecule has 1 fully saturated rings. The van der Waals surface area contributed by atoms with Crippen molar-refractivity contribution in [2.24, 2.45) is 0 Å². The number of nitrogens with zero attached hydrogens (tertiary/aromatic N) is 3. The molecule has 3 rings (SSSR count). The summed E-state index contributed by atoms with van der Waals surface area (Å²) in [6.07, 6.45) is 0. The van der Waals surface area contributed by atoms with E-state index in [9.17, 15) is 13.2 Å². The average molecular weight is 526 g/mol. The largest absolute Gasteiger partial charge is 0.497 e. The van der Waals surface area contributed by atoms with Crippen LogP contribution in [0.25, 0.3) is 0 Å². The molecule has 0 unspecified atom stereocenters. The van der Waals surface area contributed by atoms with E-state index < -0.39 is 16.0 Å². The third-order valence-electron chi connectivity index (χ3n) is 5.58. The number of rotatable bonds is 7. The second kappa shape index (κ2) is 10.2. The molecule has 0 aromatic heterocycles.